The summed E-state index contributed by atoms with van der Waals surface area (Å²) in [4.78, 5) is 46.2. The minimum atomic E-state index is -0.386. The van der Waals surface area contributed by atoms with Crippen molar-refractivity contribution in [2.75, 3.05) is 24.3 Å². The number of nitrogens with one attached hydrogen (secondary N) is 3. The maximum absolute atomic E-state index is 13.2. The minimum absolute atomic E-state index is 0.0485. The molecule has 36 heavy (non-hydrogen) atoms. The highest BCUT2D eigenvalue weighted by Crippen LogP contribution is 2.20. The quantitative estimate of drug-likeness (QED) is 0.238. The molecular weight excluding hydrogens is 478 g/mol. The maximum Gasteiger partial charge on any atom is 0.281 e. The van der Waals surface area contributed by atoms with E-state index in [0.717, 1.165) is 52.4 Å². The normalized spacial score (nSPS) is 15.4. The number of H-pyrrole nitrogens is 1. The van der Waals surface area contributed by atoms with Crippen LogP contribution in [0.4, 0.5) is 0 Å². The highest BCUT2D eigenvalue weighted by Gasteiger charge is 2.18. The van der Waals surface area contributed by atoms with Gasteiger partial charge in [0.1, 0.15) is 0 Å². The number of ether oxygens (including phenoxy) is 1. The van der Waals surface area contributed by atoms with Crippen molar-refractivity contribution in [3.63, 3.8) is 0 Å². The van der Waals surface area contributed by atoms with E-state index in [9.17, 15) is 14.4 Å². The number of amides is 2. The number of benzene rings is 2. The monoisotopic (exact) mass is 505 g/mol. The van der Waals surface area contributed by atoms with Gasteiger partial charge in [0.15, 0.2) is 5.16 Å². The van der Waals surface area contributed by atoms with Gasteiger partial charge in [0.05, 0.1) is 22.8 Å². The van der Waals surface area contributed by atoms with E-state index in [1.807, 2.05) is 30.5 Å². The van der Waals surface area contributed by atoms with E-state index in [1.165, 1.54) is 0 Å². The van der Waals surface area contributed by atoms with Crippen molar-refractivity contribution in [1.29, 1.82) is 0 Å². The molecule has 2 aromatic carbocycles. The van der Waals surface area contributed by atoms with Crippen LogP contribution in [0, 0.1) is 0 Å². The third kappa shape index (κ3) is 5.44. The first-order valence-corrected chi connectivity index (χ1v) is 12.9. The number of thioether (sulfide) groups is 1. The molecule has 1 aliphatic heterocycles. The van der Waals surface area contributed by atoms with Crippen LogP contribution in [0.5, 0.6) is 0 Å². The SMILES string of the molecule is O=C(CSc1nc2ccccc2c(=O)n1NC(=O)CCc1c[nH]c2ccccc12)NC[C@@H]1CCCO1. The number of aromatic nitrogens is 3. The lowest BCUT2D eigenvalue weighted by atomic mass is 10.1. The first-order valence-electron chi connectivity index (χ1n) is 12.0. The van der Waals surface area contributed by atoms with Crippen molar-refractivity contribution < 1.29 is 14.3 Å². The van der Waals surface area contributed by atoms with Crippen LogP contribution in [0.15, 0.2) is 64.7 Å². The molecule has 1 aliphatic rings. The molecular formula is C26H27N5O4S. The standard InChI is InChI=1S/C26H27N5O4S/c32-23(12-11-17-14-27-21-9-3-1-7-19(17)21)30-31-25(34)20-8-2-4-10-22(20)29-26(31)36-16-24(33)28-15-18-6-5-13-35-18/h1-4,7-10,14,18,27H,5-6,11-13,15-16H2,(H,28,33)(H,30,32)/t18-/m0/s1. The van der Waals surface area contributed by atoms with Gasteiger partial charge in [-0.2, -0.15) is 4.68 Å². The Morgan fingerprint density at radius 1 is 1.11 bits per heavy atom. The molecule has 0 aliphatic carbocycles. The summed E-state index contributed by atoms with van der Waals surface area (Å²) in [6.07, 6.45) is 4.59. The molecule has 0 saturated carbocycles. The van der Waals surface area contributed by atoms with E-state index < -0.39 is 0 Å². The van der Waals surface area contributed by atoms with Crippen molar-refractivity contribution in [1.82, 2.24) is 20.0 Å². The topological polar surface area (TPSA) is 118 Å². The van der Waals surface area contributed by atoms with Gasteiger partial charge in [-0.15, -0.1) is 0 Å². The predicted molar refractivity (Wildman–Crippen MR) is 140 cm³/mol. The second kappa shape index (κ2) is 11.0. The van der Waals surface area contributed by atoms with Crippen LogP contribution in [0.2, 0.25) is 0 Å². The number of para-hydroxylation sites is 2. The number of nitrogens with zero attached hydrogens (tertiary/aromatic N) is 2. The number of hydrogen-bond donors (Lipinski definition) is 3. The maximum atomic E-state index is 13.2. The Bertz CT molecular complexity index is 1460. The molecule has 0 radical (unpaired) electrons. The number of aryl methyl sites for hydroxylation is 1. The molecule has 2 aromatic heterocycles. The Morgan fingerprint density at radius 2 is 1.92 bits per heavy atom. The minimum Gasteiger partial charge on any atom is -0.376 e. The molecule has 1 fully saturated rings. The van der Waals surface area contributed by atoms with Gasteiger partial charge in [0.25, 0.3) is 5.56 Å². The summed E-state index contributed by atoms with van der Waals surface area (Å²) in [6, 6.07) is 14.9. The van der Waals surface area contributed by atoms with Crippen LogP contribution in [0.3, 0.4) is 0 Å². The highest BCUT2D eigenvalue weighted by molar-refractivity contribution is 7.99. The van der Waals surface area contributed by atoms with Crippen LogP contribution >= 0.6 is 11.8 Å². The van der Waals surface area contributed by atoms with Crippen LogP contribution < -0.4 is 16.3 Å². The summed E-state index contributed by atoms with van der Waals surface area (Å²) in [7, 11) is 0. The van der Waals surface area contributed by atoms with E-state index in [0.29, 0.717) is 23.9 Å². The zero-order valence-corrected chi connectivity index (χ0v) is 20.5. The molecule has 5 rings (SSSR count). The molecule has 2 amide bonds. The van der Waals surface area contributed by atoms with Gasteiger partial charge in [0, 0.05) is 36.7 Å². The van der Waals surface area contributed by atoms with Gasteiger partial charge in [-0.05, 0) is 43.0 Å². The van der Waals surface area contributed by atoms with Crippen LogP contribution in [0.25, 0.3) is 21.8 Å². The van der Waals surface area contributed by atoms with E-state index in [-0.39, 0.29) is 40.8 Å². The summed E-state index contributed by atoms with van der Waals surface area (Å²) in [5.74, 6) is -0.442. The van der Waals surface area contributed by atoms with Gasteiger partial charge in [-0.3, -0.25) is 19.8 Å². The lowest BCUT2D eigenvalue weighted by Crippen LogP contribution is -2.36. The van der Waals surface area contributed by atoms with Gasteiger partial charge in [-0.25, -0.2) is 4.98 Å². The molecule has 1 saturated heterocycles. The van der Waals surface area contributed by atoms with Gasteiger partial charge >= 0.3 is 0 Å². The van der Waals surface area contributed by atoms with E-state index >= 15 is 0 Å². The average molecular weight is 506 g/mol. The van der Waals surface area contributed by atoms with Crippen LogP contribution in [-0.2, 0) is 20.7 Å². The summed E-state index contributed by atoms with van der Waals surface area (Å²) < 4.78 is 6.69. The lowest BCUT2D eigenvalue weighted by Gasteiger charge is -2.14. The zero-order valence-electron chi connectivity index (χ0n) is 19.7. The average Bonchev–Trinajstić information content (AvgIpc) is 3.57. The molecule has 3 heterocycles. The third-order valence-electron chi connectivity index (χ3n) is 6.16. The van der Waals surface area contributed by atoms with Crippen LogP contribution in [0.1, 0.15) is 24.8 Å². The predicted octanol–water partition coefficient (Wildman–Crippen LogP) is 2.97. The van der Waals surface area contributed by atoms with Gasteiger partial charge in [0.2, 0.25) is 11.8 Å². The number of hydrogen-bond acceptors (Lipinski definition) is 6. The first kappa shape index (κ1) is 24.1. The summed E-state index contributed by atoms with van der Waals surface area (Å²) in [5, 5.41) is 4.58. The van der Waals surface area contributed by atoms with Crippen molar-refractivity contribution >= 4 is 45.4 Å². The molecule has 0 spiro atoms. The fraction of sp³-hybridized carbons (Fsp3) is 0.308. The molecule has 186 valence electrons. The second-order valence-corrected chi connectivity index (χ2v) is 9.62. The van der Waals surface area contributed by atoms with Gasteiger partial charge < -0.3 is 15.0 Å². The smallest absolute Gasteiger partial charge is 0.281 e. The third-order valence-corrected chi connectivity index (χ3v) is 7.10. The Morgan fingerprint density at radius 3 is 2.75 bits per heavy atom. The molecule has 0 bridgehead atoms. The Hall–Kier alpha value is -3.63. The van der Waals surface area contributed by atoms with Crippen molar-refractivity contribution in [3.05, 3.63) is 70.6 Å². The van der Waals surface area contributed by atoms with E-state index in [1.54, 1.807) is 24.3 Å². The molecule has 1 atom stereocenters. The van der Waals surface area contributed by atoms with Crippen molar-refractivity contribution in [2.24, 2.45) is 0 Å². The second-order valence-electron chi connectivity index (χ2n) is 8.67. The molecule has 4 aromatic rings. The van der Waals surface area contributed by atoms with E-state index in [2.05, 4.69) is 20.7 Å². The Balaban J connectivity index is 1.29. The zero-order chi connectivity index (χ0) is 24.9. The highest BCUT2D eigenvalue weighted by atomic mass is 32.2. The molecule has 10 heteroatoms. The Kier molecular flexibility index (Phi) is 7.33. The number of carbonyl (C=O) groups excluding carboxylic acids is 2. The summed E-state index contributed by atoms with van der Waals surface area (Å²) in [5.41, 5.74) is 4.87. The number of carbonyl (C=O) groups is 2. The largest absolute Gasteiger partial charge is 0.376 e. The lowest BCUT2D eigenvalue weighted by molar-refractivity contribution is -0.119. The summed E-state index contributed by atoms with van der Waals surface area (Å²) in [6.45, 7) is 1.19. The van der Waals surface area contributed by atoms with Crippen molar-refractivity contribution in [3.8, 4) is 0 Å². The molecule has 9 nitrogen and oxygen atoms in total. The van der Waals surface area contributed by atoms with E-state index in [4.69, 9.17) is 4.74 Å². The Labute approximate surface area is 211 Å². The number of fused-ring (bicyclic) bond motifs is 2. The first-order chi connectivity index (χ1) is 17.6. The van der Waals surface area contributed by atoms with Gasteiger partial charge in [-0.1, -0.05) is 42.1 Å². The molecule has 3 N–H and O–H groups in total. The fourth-order valence-electron chi connectivity index (χ4n) is 4.29. The fourth-order valence-corrected chi connectivity index (χ4v) is 5.07. The number of aromatic amines is 1. The summed E-state index contributed by atoms with van der Waals surface area (Å²) >= 11 is 1.11. The van der Waals surface area contributed by atoms with Crippen molar-refractivity contribution in [2.45, 2.75) is 36.9 Å². The number of rotatable bonds is 9. The van der Waals surface area contributed by atoms with Crippen LogP contribution in [-0.4, -0.2) is 51.5 Å². The molecule has 0 unspecified atom stereocenters.